The van der Waals surface area contributed by atoms with Crippen molar-refractivity contribution in [3.63, 3.8) is 0 Å². The van der Waals surface area contributed by atoms with Crippen molar-refractivity contribution in [3.05, 3.63) is 0 Å². The zero-order valence-corrected chi connectivity index (χ0v) is 10.7. The Kier molecular flexibility index (Phi) is 5.22. The van der Waals surface area contributed by atoms with Crippen molar-refractivity contribution in [2.45, 2.75) is 45.7 Å². The molecule has 0 aliphatic carbocycles. The third kappa shape index (κ3) is 3.76. The predicted octanol–water partition coefficient (Wildman–Crippen LogP) is 0.570. The Morgan fingerprint density at radius 2 is 1.88 bits per heavy atom. The summed E-state index contributed by atoms with van der Waals surface area (Å²) in [5.74, 6) is 0.170. The molecule has 16 heavy (non-hydrogen) atoms. The molecule has 94 valence electrons. The van der Waals surface area contributed by atoms with Crippen LogP contribution in [-0.2, 0) is 4.79 Å². The number of hydrogen-bond acceptors (Lipinski definition) is 3. The van der Waals surface area contributed by atoms with E-state index in [4.69, 9.17) is 5.73 Å². The van der Waals surface area contributed by atoms with Crippen molar-refractivity contribution in [1.29, 1.82) is 0 Å². The zero-order valence-electron chi connectivity index (χ0n) is 10.7. The quantitative estimate of drug-likeness (QED) is 0.722. The van der Waals surface area contributed by atoms with Crippen molar-refractivity contribution >= 4 is 5.91 Å². The van der Waals surface area contributed by atoms with Gasteiger partial charge in [-0.2, -0.15) is 0 Å². The molecule has 0 aromatic heterocycles. The molecule has 1 saturated heterocycles. The molecule has 0 bridgehead atoms. The van der Waals surface area contributed by atoms with E-state index in [1.54, 1.807) is 0 Å². The largest absolute Gasteiger partial charge is 0.353 e. The summed E-state index contributed by atoms with van der Waals surface area (Å²) in [6.45, 7) is 9.12. The number of carbonyl (C=O) groups excluding carboxylic acids is 1. The minimum absolute atomic E-state index is 0.0268. The highest BCUT2D eigenvalue weighted by molar-refractivity contribution is 5.81. The lowest BCUT2D eigenvalue weighted by Crippen LogP contribution is -2.48. The van der Waals surface area contributed by atoms with Gasteiger partial charge in [0.1, 0.15) is 0 Å². The van der Waals surface area contributed by atoms with Gasteiger partial charge in [0.2, 0.25) is 5.91 Å². The van der Waals surface area contributed by atoms with Crippen LogP contribution >= 0.6 is 0 Å². The first-order chi connectivity index (χ1) is 7.52. The average molecular weight is 227 g/mol. The smallest absolute Gasteiger partial charge is 0.237 e. The van der Waals surface area contributed by atoms with Crippen LogP contribution in [-0.4, -0.2) is 42.5 Å². The molecule has 0 aromatic rings. The predicted molar refractivity (Wildman–Crippen MR) is 66.1 cm³/mol. The second-order valence-corrected chi connectivity index (χ2v) is 5.11. The Hall–Kier alpha value is -0.610. The van der Waals surface area contributed by atoms with E-state index in [9.17, 15) is 4.79 Å². The van der Waals surface area contributed by atoms with Crippen molar-refractivity contribution in [1.82, 2.24) is 10.2 Å². The van der Waals surface area contributed by atoms with Crippen molar-refractivity contribution in [2.75, 3.05) is 19.6 Å². The van der Waals surface area contributed by atoms with Crippen LogP contribution in [0.15, 0.2) is 0 Å². The summed E-state index contributed by atoms with van der Waals surface area (Å²) >= 11 is 0. The maximum atomic E-state index is 11.6. The Labute approximate surface area is 98.6 Å². The average Bonchev–Trinajstić information content (AvgIpc) is 2.77. The number of amides is 1. The number of nitrogens with zero attached hydrogens (tertiary/aromatic N) is 1. The standard InChI is InChI=1S/C12H25N3O/c1-9(2)11(13)12(16)14-8-10(3)15-6-4-5-7-15/h9-11H,4-8,13H2,1-3H3,(H,14,16). The van der Waals surface area contributed by atoms with Gasteiger partial charge in [-0.15, -0.1) is 0 Å². The summed E-state index contributed by atoms with van der Waals surface area (Å²) in [6.07, 6.45) is 2.56. The molecule has 1 heterocycles. The van der Waals surface area contributed by atoms with Crippen LogP contribution in [0.3, 0.4) is 0 Å². The molecular formula is C12H25N3O. The molecule has 0 aromatic carbocycles. The van der Waals surface area contributed by atoms with Gasteiger partial charge >= 0.3 is 0 Å². The van der Waals surface area contributed by atoms with Crippen LogP contribution in [0.2, 0.25) is 0 Å². The van der Waals surface area contributed by atoms with Crippen LogP contribution in [0.1, 0.15) is 33.6 Å². The van der Waals surface area contributed by atoms with Crippen LogP contribution in [0.4, 0.5) is 0 Å². The fourth-order valence-electron chi connectivity index (χ4n) is 1.98. The number of rotatable bonds is 5. The van der Waals surface area contributed by atoms with Crippen molar-refractivity contribution in [2.24, 2.45) is 11.7 Å². The minimum Gasteiger partial charge on any atom is -0.353 e. The van der Waals surface area contributed by atoms with Crippen LogP contribution in [0.5, 0.6) is 0 Å². The number of nitrogens with one attached hydrogen (secondary N) is 1. The Morgan fingerprint density at radius 1 is 1.31 bits per heavy atom. The number of carbonyl (C=O) groups is 1. The third-order valence-corrected chi connectivity index (χ3v) is 3.36. The lowest BCUT2D eigenvalue weighted by Gasteiger charge is -2.25. The molecule has 1 fully saturated rings. The molecular weight excluding hydrogens is 202 g/mol. The lowest BCUT2D eigenvalue weighted by atomic mass is 10.1. The van der Waals surface area contributed by atoms with E-state index in [0.717, 1.165) is 13.1 Å². The lowest BCUT2D eigenvalue weighted by molar-refractivity contribution is -0.123. The van der Waals surface area contributed by atoms with Gasteiger partial charge in [0.05, 0.1) is 6.04 Å². The van der Waals surface area contributed by atoms with E-state index < -0.39 is 0 Å². The molecule has 0 radical (unpaired) electrons. The first-order valence-corrected chi connectivity index (χ1v) is 6.29. The van der Waals surface area contributed by atoms with E-state index >= 15 is 0 Å². The van der Waals surface area contributed by atoms with Gasteiger partial charge in [0, 0.05) is 12.6 Å². The highest BCUT2D eigenvalue weighted by Gasteiger charge is 2.21. The molecule has 4 heteroatoms. The number of likely N-dealkylation sites (tertiary alicyclic amines) is 1. The van der Waals surface area contributed by atoms with Gasteiger partial charge in [-0.1, -0.05) is 13.8 Å². The van der Waals surface area contributed by atoms with Crippen LogP contribution in [0.25, 0.3) is 0 Å². The normalized spacial score (nSPS) is 21.1. The molecule has 1 rings (SSSR count). The Bertz CT molecular complexity index is 224. The Morgan fingerprint density at radius 3 is 2.38 bits per heavy atom. The van der Waals surface area contributed by atoms with Gasteiger partial charge in [-0.25, -0.2) is 0 Å². The second kappa shape index (κ2) is 6.21. The fraction of sp³-hybridized carbons (Fsp3) is 0.917. The van der Waals surface area contributed by atoms with E-state index in [-0.39, 0.29) is 17.9 Å². The summed E-state index contributed by atoms with van der Waals surface area (Å²) in [7, 11) is 0. The molecule has 4 nitrogen and oxygen atoms in total. The monoisotopic (exact) mass is 227 g/mol. The van der Waals surface area contributed by atoms with Gasteiger partial charge < -0.3 is 11.1 Å². The topological polar surface area (TPSA) is 58.4 Å². The van der Waals surface area contributed by atoms with Gasteiger partial charge in [-0.05, 0) is 38.8 Å². The van der Waals surface area contributed by atoms with Gasteiger partial charge in [0.25, 0.3) is 0 Å². The molecule has 2 unspecified atom stereocenters. The first kappa shape index (κ1) is 13.5. The Balaban J connectivity index is 2.25. The first-order valence-electron chi connectivity index (χ1n) is 6.29. The molecule has 2 atom stereocenters. The fourth-order valence-corrected chi connectivity index (χ4v) is 1.98. The van der Waals surface area contributed by atoms with Crippen LogP contribution < -0.4 is 11.1 Å². The van der Waals surface area contributed by atoms with Gasteiger partial charge in [-0.3, -0.25) is 9.69 Å². The number of hydrogen-bond donors (Lipinski definition) is 2. The zero-order chi connectivity index (χ0) is 12.1. The highest BCUT2D eigenvalue weighted by Crippen LogP contribution is 2.10. The van der Waals surface area contributed by atoms with E-state index in [0.29, 0.717) is 12.6 Å². The van der Waals surface area contributed by atoms with Crippen molar-refractivity contribution < 1.29 is 4.79 Å². The molecule has 3 N–H and O–H groups in total. The van der Waals surface area contributed by atoms with E-state index in [1.807, 2.05) is 13.8 Å². The molecule has 1 aliphatic heterocycles. The SMILES string of the molecule is CC(C)C(N)C(=O)NCC(C)N1CCCC1. The molecule has 0 saturated carbocycles. The number of nitrogens with two attached hydrogens (primary N) is 1. The molecule has 1 aliphatic rings. The maximum absolute atomic E-state index is 11.6. The van der Waals surface area contributed by atoms with E-state index in [1.165, 1.54) is 12.8 Å². The summed E-state index contributed by atoms with van der Waals surface area (Å²) in [5.41, 5.74) is 5.77. The highest BCUT2D eigenvalue weighted by atomic mass is 16.2. The summed E-state index contributed by atoms with van der Waals surface area (Å²) in [4.78, 5) is 14.1. The minimum atomic E-state index is -0.384. The third-order valence-electron chi connectivity index (χ3n) is 3.36. The molecule has 1 amide bonds. The second-order valence-electron chi connectivity index (χ2n) is 5.11. The van der Waals surface area contributed by atoms with Gasteiger partial charge in [0.15, 0.2) is 0 Å². The van der Waals surface area contributed by atoms with Crippen LogP contribution in [0, 0.1) is 5.92 Å². The molecule has 0 spiro atoms. The summed E-state index contributed by atoms with van der Waals surface area (Å²) in [5, 5.41) is 2.93. The summed E-state index contributed by atoms with van der Waals surface area (Å²) < 4.78 is 0. The van der Waals surface area contributed by atoms with Crippen molar-refractivity contribution in [3.8, 4) is 0 Å². The summed E-state index contributed by atoms with van der Waals surface area (Å²) in [6, 6.07) is 0.0385. The maximum Gasteiger partial charge on any atom is 0.237 e. The van der Waals surface area contributed by atoms with E-state index in [2.05, 4.69) is 17.1 Å².